The zero-order valence-corrected chi connectivity index (χ0v) is 18.6. The summed E-state index contributed by atoms with van der Waals surface area (Å²) in [6.45, 7) is 1.97. The fourth-order valence-corrected chi connectivity index (χ4v) is 2.46. The number of carbonyl (C=O) groups excluding carboxylic acids is 4. The number of aryl methyl sites for hydroxylation is 1. The Balaban J connectivity index is 1.99. The third-order valence-electron chi connectivity index (χ3n) is 4.15. The van der Waals surface area contributed by atoms with E-state index >= 15 is 0 Å². The van der Waals surface area contributed by atoms with Crippen molar-refractivity contribution < 1.29 is 33.4 Å². The molecule has 0 radical (unpaired) electrons. The fraction of sp³-hybridized carbons (Fsp3) is 0.600. The second-order valence-corrected chi connectivity index (χ2v) is 6.63. The number of carbonyl (C=O) groups is 4. The maximum absolute atomic E-state index is 12.1. The SMILES string of the molecule is CNc1cc(C(=O)NCCCOC(=O)CNC(=O)CCOCCOCCNC=O)n(C)c1. The van der Waals surface area contributed by atoms with Crippen LogP contribution in [0.15, 0.2) is 12.3 Å². The Kier molecular flexibility index (Phi) is 13.9. The third-order valence-corrected chi connectivity index (χ3v) is 4.15. The zero-order chi connectivity index (χ0) is 23.6. The van der Waals surface area contributed by atoms with Crippen molar-refractivity contribution in [1.29, 1.82) is 0 Å². The number of esters is 1. The number of nitrogens with one attached hydrogen (secondary N) is 4. The van der Waals surface area contributed by atoms with Gasteiger partial charge in [-0.3, -0.25) is 19.2 Å². The van der Waals surface area contributed by atoms with Crippen LogP contribution >= 0.6 is 0 Å². The molecule has 4 N–H and O–H groups in total. The van der Waals surface area contributed by atoms with Crippen LogP contribution in [0.25, 0.3) is 0 Å². The predicted molar refractivity (Wildman–Crippen MR) is 116 cm³/mol. The van der Waals surface area contributed by atoms with E-state index in [1.807, 2.05) is 6.20 Å². The van der Waals surface area contributed by atoms with Crippen LogP contribution in [0.4, 0.5) is 5.69 Å². The van der Waals surface area contributed by atoms with Crippen LogP contribution in [0.5, 0.6) is 0 Å². The molecule has 0 bridgehead atoms. The predicted octanol–water partition coefficient (Wildman–Crippen LogP) is -0.985. The Morgan fingerprint density at radius 2 is 1.78 bits per heavy atom. The van der Waals surface area contributed by atoms with Crippen molar-refractivity contribution in [2.75, 3.05) is 65.0 Å². The summed E-state index contributed by atoms with van der Waals surface area (Å²) >= 11 is 0. The summed E-state index contributed by atoms with van der Waals surface area (Å²) in [5, 5.41) is 10.7. The van der Waals surface area contributed by atoms with Crippen LogP contribution in [0.1, 0.15) is 23.3 Å². The van der Waals surface area contributed by atoms with E-state index in [9.17, 15) is 19.2 Å². The van der Waals surface area contributed by atoms with E-state index < -0.39 is 5.97 Å². The maximum Gasteiger partial charge on any atom is 0.325 e. The average Bonchev–Trinajstić information content (AvgIpc) is 3.17. The number of amides is 3. The first-order valence-electron chi connectivity index (χ1n) is 10.3. The van der Waals surface area contributed by atoms with E-state index in [1.54, 1.807) is 24.7 Å². The van der Waals surface area contributed by atoms with Crippen LogP contribution in [-0.4, -0.2) is 88.5 Å². The summed E-state index contributed by atoms with van der Waals surface area (Å²) in [5.74, 6) is -1.09. The minimum absolute atomic E-state index is 0.112. The van der Waals surface area contributed by atoms with Gasteiger partial charge in [0.15, 0.2) is 0 Å². The first-order valence-corrected chi connectivity index (χ1v) is 10.3. The van der Waals surface area contributed by atoms with E-state index in [2.05, 4.69) is 21.3 Å². The summed E-state index contributed by atoms with van der Waals surface area (Å²) in [5.41, 5.74) is 1.37. The smallest absolute Gasteiger partial charge is 0.325 e. The van der Waals surface area contributed by atoms with Crippen molar-refractivity contribution in [2.45, 2.75) is 12.8 Å². The summed E-state index contributed by atoms with van der Waals surface area (Å²) < 4.78 is 17.2. The zero-order valence-electron chi connectivity index (χ0n) is 18.6. The monoisotopic (exact) mass is 455 g/mol. The van der Waals surface area contributed by atoms with E-state index in [0.29, 0.717) is 51.4 Å². The normalized spacial score (nSPS) is 10.3. The topological polar surface area (TPSA) is 149 Å². The highest BCUT2D eigenvalue weighted by molar-refractivity contribution is 5.93. The fourth-order valence-electron chi connectivity index (χ4n) is 2.46. The molecule has 180 valence electrons. The molecule has 1 rings (SSSR count). The van der Waals surface area contributed by atoms with Crippen molar-refractivity contribution >= 4 is 29.9 Å². The molecule has 0 fully saturated rings. The van der Waals surface area contributed by atoms with Gasteiger partial charge in [-0.25, -0.2) is 0 Å². The lowest BCUT2D eigenvalue weighted by atomic mass is 10.3. The molecule has 0 unspecified atom stereocenters. The number of hydrogen-bond acceptors (Lipinski definition) is 8. The molecule has 32 heavy (non-hydrogen) atoms. The van der Waals surface area contributed by atoms with Crippen molar-refractivity contribution in [2.24, 2.45) is 7.05 Å². The molecule has 0 aliphatic rings. The number of aromatic nitrogens is 1. The number of hydrogen-bond donors (Lipinski definition) is 4. The Morgan fingerprint density at radius 3 is 2.47 bits per heavy atom. The molecule has 0 atom stereocenters. The molecule has 12 heteroatoms. The van der Waals surface area contributed by atoms with E-state index in [0.717, 1.165) is 5.69 Å². The molecule has 0 aliphatic carbocycles. The van der Waals surface area contributed by atoms with E-state index in [1.165, 1.54) is 0 Å². The second-order valence-electron chi connectivity index (χ2n) is 6.63. The Labute approximate surface area is 187 Å². The first kappa shape index (κ1) is 26.9. The number of ether oxygens (including phenoxy) is 3. The van der Waals surface area contributed by atoms with Crippen molar-refractivity contribution in [1.82, 2.24) is 20.5 Å². The molecule has 1 aromatic rings. The molecule has 1 heterocycles. The minimum Gasteiger partial charge on any atom is -0.464 e. The molecule has 0 spiro atoms. The van der Waals surface area contributed by atoms with Gasteiger partial charge in [-0.2, -0.15) is 0 Å². The molecule has 1 aromatic heterocycles. The molecule has 12 nitrogen and oxygen atoms in total. The van der Waals surface area contributed by atoms with Crippen LogP contribution in [0.3, 0.4) is 0 Å². The lowest BCUT2D eigenvalue weighted by Gasteiger charge is -2.08. The molecule has 0 aliphatic heterocycles. The van der Waals surface area contributed by atoms with Gasteiger partial charge in [0, 0.05) is 39.8 Å². The van der Waals surface area contributed by atoms with Gasteiger partial charge in [0.25, 0.3) is 5.91 Å². The van der Waals surface area contributed by atoms with Crippen molar-refractivity contribution in [3.05, 3.63) is 18.0 Å². The highest BCUT2D eigenvalue weighted by atomic mass is 16.5. The third kappa shape index (κ3) is 11.9. The summed E-state index contributed by atoms with van der Waals surface area (Å²) in [6.07, 6.45) is 2.97. The summed E-state index contributed by atoms with van der Waals surface area (Å²) in [7, 11) is 3.56. The number of anilines is 1. The molecule has 0 saturated heterocycles. The Hall–Kier alpha value is -3.12. The second kappa shape index (κ2) is 16.6. The van der Waals surface area contributed by atoms with Crippen molar-refractivity contribution in [3.8, 4) is 0 Å². The maximum atomic E-state index is 12.1. The van der Waals surface area contributed by atoms with Crippen LogP contribution in [-0.2, 0) is 35.6 Å². The Bertz CT molecular complexity index is 723. The van der Waals surface area contributed by atoms with E-state index in [-0.39, 0.29) is 38.0 Å². The minimum atomic E-state index is -0.552. The van der Waals surface area contributed by atoms with Gasteiger partial charge in [0.2, 0.25) is 12.3 Å². The van der Waals surface area contributed by atoms with Gasteiger partial charge in [-0.15, -0.1) is 0 Å². The van der Waals surface area contributed by atoms with Gasteiger partial charge >= 0.3 is 5.97 Å². The average molecular weight is 456 g/mol. The van der Waals surface area contributed by atoms with Gasteiger partial charge in [0.1, 0.15) is 12.2 Å². The van der Waals surface area contributed by atoms with Gasteiger partial charge in [-0.1, -0.05) is 0 Å². The van der Waals surface area contributed by atoms with Gasteiger partial charge in [-0.05, 0) is 12.5 Å². The lowest BCUT2D eigenvalue weighted by molar-refractivity contribution is -0.144. The lowest BCUT2D eigenvalue weighted by Crippen LogP contribution is -2.32. The van der Waals surface area contributed by atoms with Crippen LogP contribution in [0.2, 0.25) is 0 Å². The molecular weight excluding hydrogens is 422 g/mol. The molecule has 0 saturated carbocycles. The largest absolute Gasteiger partial charge is 0.464 e. The molecule has 3 amide bonds. The molecular formula is C20H33N5O7. The number of rotatable bonds is 18. The van der Waals surface area contributed by atoms with Gasteiger partial charge < -0.3 is 40.0 Å². The van der Waals surface area contributed by atoms with Gasteiger partial charge in [0.05, 0.1) is 38.7 Å². The quantitative estimate of drug-likeness (QED) is 0.125. The summed E-state index contributed by atoms with van der Waals surface area (Å²) in [6, 6.07) is 1.74. The highest BCUT2D eigenvalue weighted by Gasteiger charge is 2.11. The van der Waals surface area contributed by atoms with Crippen LogP contribution < -0.4 is 21.3 Å². The van der Waals surface area contributed by atoms with Crippen molar-refractivity contribution in [3.63, 3.8) is 0 Å². The van der Waals surface area contributed by atoms with Crippen LogP contribution in [0, 0.1) is 0 Å². The molecule has 0 aromatic carbocycles. The summed E-state index contributed by atoms with van der Waals surface area (Å²) in [4.78, 5) is 45.5. The highest BCUT2D eigenvalue weighted by Crippen LogP contribution is 2.11. The Morgan fingerprint density at radius 1 is 1.03 bits per heavy atom. The first-order chi connectivity index (χ1) is 15.5. The number of nitrogens with zero attached hydrogens (tertiary/aromatic N) is 1. The standard InChI is InChI=1S/C20H33N5O7/c1-21-16-12-17(25(2)14-16)20(29)23-5-3-7-32-19(28)13-24-18(27)4-8-30-10-11-31-9-6-22-15-26/h12,14-15,21H,3-11,13H2,1-2H3,(H,22,26)(H,23,29)(H,24,27). The van der Waals surface area contributed by atoms with E-state index in [4.69, 9.17) is 14.2 Å².